The summed E-state index contributed by atoms with van der Waals surface area (Å²) in [6.45, 7) is 1.92. The second kappa shape index (κ2) is 8.37. The first-order valence-corrected chi connectivity index (χ1v) is 13.3. The molecule has 1 saturated carbocycles. The molecule has 5 nitrogen and oxygen atoms in total. The van der Waals surface area contributed by atoms with Gasteiger partial charge in [0.1, 0.15) is 10.6 Å². The van der Waals surface area contributed by atoms with E-state index in [2.05, 4.69) is 5.32 Å². The minimum Gasteiger partial charge on any atom is -0.490 e. The molecule has 32 heavy (non-hydrogen) atoms. The molecular weight excluding hydrogens is 442 g/mol. The number of fused-ring (bicyclic) bond motifs is 1. The summed E-state index contributed by atoms with van der Waals surface area (Å²) in [6, 6.07) is 14.6. The van der Waals surface area contributed by atoms with Gasteiger partial charge in [0.15, 0.2) is 0 Å². The summed E-state index contributed by atoms with van der Waals surface area (Å²) < 4.78 is 33.0. The topological polar surface area (TPSA) is 72.5 Å². The van der Waals surface area contributed by atoms with Gasteiger partial charge in [-0.05, 0) is 50.8 Å². The Morgan fingerprint density at radius 3 is 2.50 bits per heavy atom. The SMILES string of the molecule is Cc1ccc(S(=O)(=O)c2csc3c2NC(=O)CC3c2ccccc2OC2CCCC2)cc1. The van der Waals surface area contributed by atoms with E-state index in [1.807, 2.05) is 31.2 Å². The van der Waals surface area contributed by atoms with Crippen LogP contribution in [0.4, 0.5) is 5.69 Å². The Kier molecular flexibility index (Phi) is 5.55. The van der Waals surface area contributed by atoms with Gasteiger partial charge in [-0.2, -0.15) is 0 Å². The summed E-state index contributed by atoms with van der Waals surface area (Å²) in [7, 11) is -3.75. The van der Waals surface area contributed by atoms with Crippen molar-refractivity contribution in [3.05, 3.63) is 69.9 Å². The number of rotatable bonds is 5. The molecule has 2 heterocycles. The molecule has 1 atom stereocenters. The normalized spacial score (nSPS) is 18.9. The lowest BCUT2D eigenvalue weighted by atomic mass is 9.90. The quantitative estimate of drug-likeness (QED) is 0.524. The molecule has 1 fully saturated rings. The van der Waals surface area contributed by atoms with Gasteiger partial charge in [-0.3, -0.25) is 4.79 Å². The number of carbonyl (C=O) groups excluding carboxylic acids is 1. The summed E-state index contributed by atoms with van der Waals surface area (Å²) in [6.07, 6.45) is 4.91. The zero-order valence-corrected chi connectivity index (χ0v) is 19.5. The Morgan fingerprint density at radius 2 is 1.75 bits per heavy atom. The zero-order valence-electron chi connectivity index (χ0n) is 17.8. The molecule has 2 aromatic carbocycles. The highest BCUT2D eigenvalue weighted by Crippen LogP contribution is 2.48. The third-order valence-corrected chi connectivity index (χ3v) is 9.31. The Bertz CT molecular complexity index is 1260. The minimum absolute atomic E-state index is 0.161. The van der Waals surface area contributed by atoms with Crippen molar-refractivity contribution >= 4 is 32.8 Å². The van der Waals surface area contributed by atoms with Crippen LogP contribution in [-0.4, -0.2) is 20.4 Å². The van der Waals surface area contributed by atoms with Gasteiger partial charge in [-0.15, -0.1) is 11.3 Å². The monoisotopic (exact) mass is 467 g/mol. The molecular formula is C25H25NO4S2. The van der Waals surface area contributed by atoms with Crippen molar-refractivity contribution in [2.75, 3.05) is 5.32 Å². The van der Waals surface area contributed by atoms with Crippen molar-refractivity contribution in [1.29, 1.82) is 0 Å². The van der Waals surface area contributed by atoms with Crippen LogP contribution < -0.4 is 10.1 Å². The first-order valence-electron chi connectivity index (χ1n) is 10.9. The van der Waals surface area contributed by atoms with Gasteiger partial charge >= 0.3 is 0 Å². The molecule has 7 heteroatoms. The molecule has 166 valence electrons. The second-order valence-corrected chi connectivity index (χ2v) is 11.4. The van der Waals surface area contributed by atoms with Crippen molar-refractivity contribution < 1.29 is 17.9 Å². The lowest BCUT2D eigenvalue weighted by molar-refractivity contribution is -0.116. The van der Waals surface area contributed by atoms with E-state index >= 15 is 0 Å². The van der Waals surface area contributed by atoms with Gasteiger partial charge in [0.05, 0.1) is 16.7 Å². The first kappa shape index (κ1) is 21.2. The van der Waals surface area contributed by atoms with E-state index in [0.29, 0.717) is 5.69 Å². The Morgan fingerprint density at radius 1 is 1.03 bits per heavy atom. The summed E-state index contributed by atoms with van der Waals surface area (Å²) in [5.74, 6) is 0.377. The number of amides is 1. The molecule has 3 aromatic rings. The third-order valence-electron chi connectivity index (χ3n) is 6.27. The molecule has 1 N–H and O–H groups in total. The van der Waals surface area contributed by atoms with Gasteiger partial charge in [0, 0.05) is 28.2 Å². The number of benzene rings is 2. The predicted molar refractivity (Wildman–Crippen MR) is 125 cm³/mol. The average molecular weight is 468 g/mol. The maximum atomic E-state index is 13.4. The van der Waals surface area contributed by atoms with Crippen molar-refractivity contribution in [3.63, 3.8) is 0 Å². The van der Waals surface area contributed by atoms with E-state index in [9.17, 15) is 13.2 Å². The Labute approximate surface area is 192 Å². The molecule has 5 rings (SSSR count). The molecule has 0 radical (unpaired) electrons. The van der Waals surface area contributed by atoms with Gasteiger partial charge in [-0.25, -0.2) is 8.42 Å². The number of aryl methyl sites for hydroxylation is 1. The lowest BCUT2D eigenvalue weighted by Crippen LogP contribution is -2.24. The largest absolute Gasteiger partial charge is 0.490 e. The fourth-order valence-corrected chi connectivity index (χ4v) is 7.46. The fraction of sp³-hybridized carbons (Fsp3) is 0.320. The van der Waals surface area contributed by atoms with Crippen molar-refractivity contribution in [3.8, 4) is 5.75 Å². The van der Waals surface area contributed by atoms with Crippen LogP contribution in [-0.2, 0) is 14.6 Å². The molecule has 1 amide bonds. The van der Waals surface area contributed by atoms with Crippen molar-refractivity contribution in [2.45, 2.75) is 60.8 Å². The molecule has 1 aliphatic carbocycles. The number of thiophene rings is 1. The number of sulfone groups is 1. The lowest BCUT2D eigenvalue weighted by Gasteiger charge is -2.26. The van der Waals surface area contributed by atoms with E-state index in [-0.39, 0.29) is 34.1 Å². The van der Waals surface area contributed by atoms with E-state index in [0.717, 1.165) is 34.6 Å². The molecule has 1 unspecified atom stereocenters. The third kappa shape index (κ3) is 3.84. The number of hydrogen-bond acceptors (Lipinski definition) is 5. The minimum atomic E-state index is -3.75. The Hall–Kier alpha value is -2.64. The van der Waals surface area contributed by atoms with Crippen molar-refractivity contribution in [2.24, 2.45) is 0 Å². The molecule has 1 aliphatic heterocycles. The van der Waals surface area contributed by atoms with Crippen LogP contribution in [0.3, 0.4) is 0 Å². The highest BCUT2D eigenvalue weighted by molar-refractivity contribution is 7.91. The van der Waals surface area contributed by atoms with Crippen LogP contribution in [0.2, 0.25) is 0 Å². The van der Waals surface area contributed by atoms with Crippen LogP contribution in [0, 0.1) is 6.92 Å². The molecule has 1 aromatic heterocycles. The maximum absolute atomic E-state index is 13.4. The summed E-state index contributed by atoms with van der Waals surface area (Å²) in [5.41, 5.74) is 2.34. The highest BCUT2D eigenvalue weighted by atomic mass is 32.2. The van der Waals surface area contributed by atoms with Gasteiger partial charge < -0.3 is 10.1 Å². The van der Waals surface area contributed by atoms with Gasteiger partial charge in [0.25, 0.3) is 0 Å². The molecule has 0 bridgehead atoms. The van der Waals surface area contributed by atoms with E-state index < -0.39 is 9.84 Å². The standard InChI is InChI=1S/C25H25NO4S2/c1-16-10-12-18(13-11-16)32(28,29)22-15-31-25-20(14-23(27)26-24(22)25)19-8-4-5-9-21(19)30-17-6-2-3-7-17/h4-5,8-13,15,17,20H,2-3,6-7,14H2,1H3,(H,26,27). The number of anilines is 1. The number of nitrogens with one attached hydrogen (secondary N) is 1. The van der Waals surface area contributed by atoms with Crippen LogP contribution in [0.25, 0.3) is 0 Å². The van der Waals surface area contributed by atoms with Gasteiger partial charge in [-0.1, -0.05) is 35.9 Å². The van der Waals surface area contributed by atoms with Crippen LogP contribution in [0.15, 0.2) is 63.7 Å². The number of carbonyl (C=O) groups is 1. The Balaban J connectivity index is 1.55. The van der Waals surface area contributed by atoms with E-state index in [1.54, 1.807) is 29.6 Å². The van der Waals surface area contributed by atoms with Gasteiger partial charge in [0.2, 0.25) is 15.7 Å². The average Bonchev–Trinajstić information content (AvgIpc) is 3.44. The zero-order chi connectivity index (χ0) is 22.3. The van der Waals surface area contributed by atoms with Crippen LogP contribution in [0.5, 0.6) is 5.75 Å². The first-order chi connectivity index (χ1) is 15.4. The number of hydrogen-bond donors (Lipinski definition) is 1. The predicted octanol–water partition coefficient (Wildman–Crippen LogP) is 5.68. The number of ether oxygens (including phenoxy) is 1. The van der Waals surface area contributed by atoms with Crippen molar-refractivity contribution in [1.82, 2.24) is 0 Å². The maximum Gasteiger partial charge on any atom is 0.225 e. The van der Waals surface area contributed by atoms with Crippen LogP contribution >= 0.6 is 11.3 Å². The highest BCUT2D eigenvalue weighted by Gasteiger charge is 2.35. The second-order valence-electron chi connectivity index (χ2n) is 8.52. The summed E-state index contributed by atoms with van der Waals surface area (Å²) >= 11 is 1.38. The van der Waals surface area contributed by atoms with E-state index in [1.165, 1.54) is 24.2 Å². The fourth-order valence-electron chi connectivity index (χ4n) is 4.56. The summed E-state index contributed by atoms with van der Waals surface area (Å²) in [5, 5.41) is 4.49. The molecule has 0 spiro atoms. The van der Waals surface area contributed by atoms with Crippen LogP contribution in [0.1, 0.15) is 54.0 Å². The van der Waals surface area contributed by atoms with E-state index in [4.69, 9.17) is 4.74 Å². The smallest absolute Gasteiger partial charge is 0.225 e. The molecule has 0 saturated heterocycles. The molecule has 2 aliphatic rings. The summed E-state index contributed by atoms with van der Waals surface area (Å²) in [4.78, 5) is 13.9. The number of para-hydroxylation sites is 1.